The molecule has 1 aromatic heterocycles. The summed E-state index contributed by atoms with van der Waals surface area (Å²) in [6.07, 6.45) is 2.65. The van der Waals surface area contributed by atoms with Gasteiger partial charge in [0.1, 0.15) is 4.90 Å². The third kappa shape index (κ3) is 4.19. The first kappa shape index (κ1) is 18.9. The Hall–Kier alpha value is -1.16. The molecule has 2 rings (SSSR count). The van der Waals surface area contributed by atoms with Crippen LogP contribution in [0.25, 0.3) is 0 Å². The normalized spacial score (nSPS) is 20.3. The lowest BCUT2D eigenvalue weighted by Crippen LogP contribution is -2.57. The van der Waals surface area contributed by atoms with Crippen LogP contribution < -0.4 is 10.0 Å². The predicted octanol–water partition coefficient (Wildman–Crippen LogP) is -0.671. The first-order valence-corrected chi connectivity index (χ1v) is 8.32. The fraction of sp³-hybridized carbons (Fsp3) is 0.667. The SMILES string of the molecule is CC(NS(=O)(=O)c1cnn(C)c1)C(=O)N1CCNC[C@@H]1C.Cl. The number of nitrogens with one attached hydrogen (secondary N) is 2. The van der Waals surface area contributed by atoms with Crippen LogP contribution in [0, 0.1) is 0 Å². The third-order valence-corrected chi connectivity index (χ3v) is 4.97. The second-order valence-corrected chi connectivity index (χ2v) is 6.99. The van der Waals surface area contributed by atoms with Crippen LogP contribution in [0.2, 0.25) is 0 Å². The van der Waals surface area contributed by atoms with Gasteiger partial charge in [-0.2, -0.15) is 9.82 Å². The topological polar surface area (TPSA) is 96.3 Å². The molecule has 1 amide bonds. The van der Waals surface area contributed by atoms with Gasteiger partial charge < -0.3 is 10.2 Å². The number of rotatable bonds is 4. The molecule has 0 aliphatic carbocycles. The lowest BCUT2D eigenvalue weighted by atomic mass is 10.2. The highest BCUT2D eigenvalue weighted by Crippen LogP contribution is 2.10. The van der Waals surface area contributed by atoms with Crippen molar-refractivity contribution < 1.29 is 13.2 Å². The molecule has 1 aliphatic heterocycles. The largest absolute Gasteiger partial charge is 0.336 e. The van der Waals surface area contributed by atoms with Gasteiger partial charge in [-0.25, -0.2) is 8.42 Å². The quantitative estimate of drug-likeness (QED) is 0.750. The first-order valence-electron chi connectivity index (χ1n) is 6.83. The fourth-order valence-electron chi connectivity index (χ4n) is 2.31. The summed E-state index contributed by atoms with van der Waals surface area (Å²) >= 11 is 0. The van der Waals surface area contributed by atoms with Crippen molar-refractivity contribution in [2.75, 3.05) is 19.6 Å². The fourth-order valence-corrected chi connectivity index (χ4v) is 3.49. The van der Waals surface area contributed by atoms with Gasteiger partial charge in [-0.1, -0.05) is 0 Å². The van der Waals surface area contributed by atoms with Gasteiger partial charge in [0.05, 0.1) is 12.2 Å². The smallest absolute Gasteiger partial charge is 0.244 e. The summed E-state index contributed by atoms with van der Waals surface area (Å²) in [5.41, 5.74) is 0. The summed E-state index contributed by atoms with van der Waals surface area (Å²) in [6.45, 7) is 5.52. The van der Waals surface area contributed by atoms with Crippen LogP contribution in [0.5, 0.6) is 0 Å². The lowest BCUT2D eigenvalue weighted by molar-refractivity contribution is -0.135. The van der Waals surface area contributed by atoms with Crippen LogP contribution in [0.3, 0.4) is 0 Å². The highest BCUT2D eigenvalue weighted by molar-refractivity contribution is 7.89. The zero-order valence-corrected chi connectivity index (χ0v) is 14.4. The van der Waals surface area contributed by atoms with Crippen molar-refractivity contribution in [2.24, 2.45) is 7.05 Å². The van der Waals surface area contributed by atoms with Crippen LogP contribution in [0.1, 0.15) is 13.8 Å². The molecule has 2 N–H and O–H groups in total. The third-order valence-electron chi connectivity index (χ3n) is 3.48. The minimum Gasteiger partial charge on any atom is -0.336 e. The molecule has 0 bridgehead atoms. The standard InChI is InChI=1S/C12H21N5O3S.ClH/c1-9-6-13-4-5-17(9)12(18)10(2)15-21(19,20)11-7-14-16(3)8-11;/h7-10,13,15H,4-6H2,1-3H3;1H/t9-,10?;/m0./s1. The number of sulfonamides is 1. The Bertz CT molecular complexity index is 618. The van der Waals surface area contributed by atoms with Crippen LogP contribution in [0.15, 0.2) is 17.3 Å². The minimum atomic E-state index is -3.74. The molecule has 126 valence electrons. The van der Waals surface area contributed by atoms with Crippen molar-refractivity contribution in [3.8, 4) is 0 Å². The van der Waals surface area contributed by atoms with E-state index in [-0.39, 0.29) is 29.3 Å². The molecule has 0 spiro atoms. The van der Waals surface area contributed by atoms with Gasteiger partial charge in [-0.15, -0.1) is 12.4 Å². The minimum absolute atomic E-state index is 0. The van der Waals surface area contributed by atoms with E-state index in [9.17, 15) is 13.2 Å². The second kappa shape index (κ2) is 7.40. The van der Waals surface area contributed by atoms with Gasteiger partial charge in [-0.05, 0) is 13.8 Å². The van der Waals surface area contributed by atoms with Gasteiger partial charge in [0.15, 0.2) is 0 Å². The first-order chi connectivity index (χ1) is 9.81. The van der Waals surface area contributed by atoms with Crippen LogP contribution in [0.4, 0.5) is 0 Å². The van der Waals surface area contributed by atoms with E-state index < -0.39 is 16.1 Å². The van der Waals surface area contributed by atoms with Crippen molar-refractivity contribution in [3.05, 3.63) is 12.4 Å². The number of carbonyl (C=O) groups is 1. The molecule has 1 aliphatic rings. The molecular formula is C12H22ClN5O3S. The van der Waals surface area contributed by atoms with E-state index in [0.29, 0.717) is 13.1 Å². The molecule has 10 heteroatoms. The Morgan fingerprint density at radius 1 is 1.55 bits per heavy atom. The summed E-state index contributed by atoms with van der Waals surface area (Å²) in [7, 11) is -2.10. The van der Waals surface area contributed by atoms with E-state index in [0.717, 1.165) is 6.54 Å². The Kier molecular flexibility index (Phi) is 6.36. The molecule has 1 aromatic rings. The van der Waals surface area contributed by atoms with E-state index in [1.165, 1.54) is 17.1 Å². The van der Waals surface area contributed by atoms with Crippen molar-refractivity contribution in [3.63, 3.8) is 0 Å². The van der Waals surface area contributed by atoms with Crippen molar-refractivity contribution in [1.82, 2.24) is 24.7 Å². The number of amides is 1. The van der Waals surface area contributed by atoms with Gasteiger partial charge >= 0.3 is 0 Å². The lowest BCUT2D eigenvalue weighted by Gasteiger charge is -2.35. The van der Waals surface area contributed by atoms with Crippen molar-refractivity contribution in [2.45, 2.75) is 30.8 Å². The molecule has 0 saturated carbocycles. The summed E-state index contributed by atoms with van der Waals surface area (Å²) in [4.78, 5) is 14.1. The molecule has 1 saturated heterocycles. The van der Waals surface area contributed by atoms with E-state index in [2.05, 4.69) is 15.1 Å². The van der Waals surface area contributed by atoms with E-state index >= 15 is 0 Å². The highest BCUT2D eigenvalue weighted by atomic mass is 35.5. The number of aromatic nitrogens is 2. The maximum atomic E-state index is 12.4. The van der Waals surface area contributed by atoms with E-state index in [1.807, 2.05) is 6.92 Å². The number of hydrogen-bond donors (Lipinski definition) is 2. The molecule has 2 atom stereocenters. The summed E-state index contributed by atoms with van der Waals surface area (Å²) < 4.78 is 28.2. The summed E-state index contributed by atoms with van der Waals surface area (Å²) in [5, 5.41) is 7.02. The Morgan fingerprint density at radius 3 is 2.77 bits per heavy atom. The molecule has 22 heavy (non-hydrogen) atoms. The summed E-state index contributed by atoms with van der Waals surface area (Å²) in [5.74, 6) is -0.212. The van der Waals surface area contributed by atoms with Crippen molar-refractivity contribution in [1.29, 1.82) is 0 Å². The Morgan fingerprint density at radius 2 is 2.23 bits per heavy atom. The molecular weight excluding hydrogens is 330 g/mol. The zero-order chi connectivity index (χ0) is 15.6. The monoisotopic (exact) mass is 351 g/mol. The number of nitrogens with zero attached hydrogens (tertiary/aromatic N) is 3. The van der Waals surface area contributed by atoms with Gasteiger partial charge in [0, 0.05) is 38.9 Å². The van der Waals surface area contributed by atoms with Gasteiger partial charge in [-0.3, -0.25) is 9.48 Å². The van der Waals surface area contributed by atoms with Crippen LogP contribution in [-0.4, -0.2) is 60.7 Å². The van der Waals surface area contributed by atoms with E-state index in [1.54, 1.807) is 18.9 Å². The average molecular weight is 352 g/mol. The maximum absolute atomic E-state index is 12.4. The number of piperazine rings is 1. The van der Waals surface area contributed by atoms with Crippen molar-refractivity contribution >= 4 is 28.3 Å². The van der Waals surface area contributed by atoms with E-state index in [4.69, 9.17) is 0 Å². The molecule has 1 unspecified atom stereocenters. The zero-order valence-electron chi connectivity index (χ0n) is 12.8. The molecule has 2 heterocycles. The number of hydrogen-bond acceptors (Lipinski definition) is 5. The van der Waals surface area contributed by atoms with Crippen LogP contribution in [-0.2, 0) is 21.9 Å². The maximum Gasteiger partial charge on any atom is 0.244 e. The molecule has 1 fully saturated rings. The second-order valence-electron chi connectivity index (χ2n) is 5.28. The molecule has 0 radical (unpaired) electrons. The Labute approximate surface area is 136 Å². The summed E-state index contributed by atoms with van der Waals surface area (Å²) in [6, 6.07) is -0.757. The Balaban J connectivity index is 0.00000242. The highest BCUT2D eigenvalue weighted by Gasteiger charge is 2.30. The van der Waals surface area contributed by atoms with Gasteiger partial charge in [0.2, 0.25) is 15.9 Å². The number of aryl methyl sites for hydroxylation is 1. The number of halogens is 1. The van der Waals surface area contributed by atoms with Gasteiger partial charge in [0.25, 0.3) is 0 Å². The molecule has 8 nitrogen and oxygen atoms in total. The number of carbonyl (C=O) groups excluding carboxylic acids is 1. The van der Waals surface area contributed by atoms with Crippen LogP contribution >= 0.6 is 12.4 Å². The average Bonchev–Trinajstić information content (AvgIpc) is 2.85. The molecule has 0 aromatic carbocycles. The predicted molar refractivity (Wildman–Crippen MR) is 84.3 cm³/mol.